The highest BCUT2D eigenvalue weighted by atomic mass is 16.4. The third-order valence-electron chi connectivity index (χ3n) is 2.09. The summed E-state index contributed by atoms with van der Waals surface area (Å²) in [7, 11) is 0. The van der Waals surface area contributed by atoms with E-state index in [1.54, 1.807) is 0 Å². The maximum absolute atomic E-state index is 9.90. The Labute approximate surface area is 109 Å². The third kappa shape index (κ3) is 24.2. The van der Waals surface area contributed by atoms with Gasteiger partial charge in [-0.2, -0.15) is 0 Å². The number of nitrogens with two attached hydrogens (primary N) is 1. The fraction of sp³-hybridized carbons (Fsp3) is 0.833. The molecule has 0 rings (SSSR count). The molecule has 6 nitrogen and oxygen atoms in total. The van der Waals surface area contributed by atoms with E-state index in [4.69, 9.17) is 15.9 Å². The van der Waals surface area contributed by atoms with E-state index in [9.17, 15) is 9.59 Å². The molecule has 18 heavy (non-hydrogen) atoms. The molecule has 0 spiro atoms. The number of aliphatic carboxylic acids is 2. The van der Waals surface area contributed by atoms with Gasteiger partial charge in [0.05, 0.1) is 0 Å². The fourth-order valence-corrected chi connectivity index (χ4v) is 1.12. The molecular formula is C12H26N2O4. The zero-order valence-corrected chi connectivity index (χ0v) is 11.2. The molecule has 6 heteroatoms. The van der Waals surface area contributed by atoms with Crippen LogP contribution in [-0.4, -0.2) is 41.8 Å². The monoisotopic (exact) mass is 262 g/mol. The largest absolute Gasteiger partial charge is 0.481 e. The zero-order chi connectivity index (χ0) is 14.2. The first-order chi connectivity index (χ1) is 8.54. The van der Waals surface area contributed by atoms with Gasteiger partial charge in [-0.25, -0.2) is 0 Å². The average Bonchev–Trinajstić information content (AvgIpc) is 2.31. The highest BCUT2D eigenvalue weighted by Crippen LogP contribution is 1.98. The maximum Gasteiger partial charge on any atom is 0.303 e. The van der Waals surface area contributed by atoms with Crippen LogP contribution in [0.3, 0.4) is 0 Å². The molecular weight excluding hydrogens is 236 g/mol. The Morgan fingerprint density at radius 2 is 1.50 bits per heavy atom. The van der Waals surface area contributed by atoms with E-state index >= 15 is 0 Å². The van der Waals surface area contributed by atoms with Crippen molar-refractivity contribution in [2.45, 2.75) is 45.4 Å². The Bertz CT molecular complexity index is 188. The Morgan fingerprint density at radius 1 is 1.00 bits per heavy atom. The Morgan fingerprint density at radius 3 is 1.83 bits per heavy atom. The van der Waals surface area contributed by atoms with Gasteiger partial charge in [-0.1, -0.05) is 6.92 Å². The van der Waals surface area contributed by atoms with Crippen LogP contribution in [-0.2, 0) is 9.59 Å². The quantitative estimate of drug-likeness (QED) is 0.438. The van der Waals surface area contributed by atoms with Crippen molar-refractivity contribution in [1.82, 2.24) is 5.32 Å². The lowest BCUT2D eigenvalue weighted by Gasteiger charge is -1.97. The first-order valence-electron chi connectivity index (χ1n) is 6.39. The van der Waals surface area contributed by atoms with E-state index < -0.39 is 11.9 Å². The van der Waals surface area contributed by atoms with Crippen LogP contribution >= 0.6 is 0 Å². The predicted molar refractivity (Wildman–Crippen MR) is 70.6 cm³/mol. The highest BCUT2D eigenvalue weighted by Gasteiger charge is 1.99. The lowest BCUT2D eigenvalue weighted by Crippen LogP contribution is -2.15. The molecule has 0 bridgehead atoms. The van der Waals surface area contributed by atoms with Crippen LogP contribution in [0.1, 0.15) is 45.4 Å². The SMILES string of the molecule is CCNCCCCN.O=C(O)CCCCC(=O)O. The summed E-state index contributed by atoms with van der Waals surface area (Å²) in [5, 5.41) is 19.5. The molecule has 0 aliphatic carbocycles. The van der Waals surface area contributed by atoms with Gasteiger partial charge >= 0.3 is 11.9 Å². The molecule has 0 saturated heterocycles. The number of unbranched alkanes of at least 4 members (excludes halogenated alkanes) is 2. The van der Waals surface area contributed by atoms with Crippen LogP contribution in [0.25, 0.3) is 0 Å². The summed E-state index contributed by atoms with van der Waals surface area (Å²) in [4.78, 5) is 19.8. The standard InChI is InChI=1S/C6H16N2.C6H10O4/c1-2-8-6-4-3-5-7;7-5(8)3-1-2-4-6(9)10/h8H,2-7H2,1H3;1-4H2,(H,7,8)(H,9,10). The number of nitrogens with one attached hydrogen (secondary N) is 1. The summed E-state index contributed by atoms with van der Waals surface area (Å²) >= 11 is 0. The molecule has 0 fully saturated rings. The van der Waals surface area contributed by atoms with Crippen LogP contribution in [0.4, 0.5) is 0 Å². The lowest BCUT2D eigenvalue weighted by molar-refractivity contribution is -0.139. The van der Waals surface area contributed by atoms with Crippen LogP contribution < -0.4 is 11.1 Å². The second kappa shape index (κ2) is 15.9. The van der Waals surface area contributed by atoms with E-state index in [1.807, 2.05) is 0 Å². The number of hydrogen-bond donors (Lipinski definition) is 4. The molecule has 5 N–H and O–H groups in total. The molecule has 0 unspecified atom stereocenters. The minimum atomic E-state index is -0.870. The molecule has 0 aliphatic rings. The summed E-state index contributed by atoms with van der Waals surface area (Å²) in [6.45, 7) is 5.13. The van der Waals surface area contributed by atoms with Gasteiger partial charge in [-0.05, 0) is 45.3 Å². The summed E-state index contributed by atoms with van der Waals surface area (Å²) in [5.74, 6) is -1.74. The Kier molecular flexibility index (Phi) is 16.9. The molecule has 0 radical (unpaired) electrons. The van der Waals surface area contributed by atoms with Gasteiger partial charge in [-0.15, -0.1) is 0 Å². The second-order valence-electron chi connectivity index (χ2n) is 3.84. The summed E-state index contributed by atoms with van der Waals surface area (Å²) < 4.78 is 0. The third-order valence-corrected chi connectivity index (χ3v) is 2.09. The van der Waals surface area contributed by atoms with Gasteiger partial charge in [0.25, 0.3) is 0 Å². The van der Waals surface area contributed by atoms with E-state index in [-0.39, 0.29) is 12.8 Å². The highest BCUT2D eigenvalue weighted by molar-refractivity contribution is 5.67. The lowest BCUT2D eigenvalue weighted by atomic mass is 10.2. The minimum absolute atomic E-state index is 0.0628. The smallest absolute Gasteiger partial charge is 0.303 e. The van der Waals surface area contributed by atoms with Gasteiger partial charge in [0, 0.05) is 12.8 Å². The zero-order valence-electron chi connectivity index (χ0n) is 11.2. The first kappa shape index (κ1) is 19.2. The normalized spacial score (nSPS) is 9.44. The van der Waals surface area contributed by atoms with E-state index in [1.165, 1.54) is 6.42 Å². The number of carboxylic acids is 2. The van der Waals surface area contributed by atoms with Crippen LogP contribution in [0.15, 0.2) is 0 Å². The van der Waals surface area contributed by atoms with Crippen molar-refractivity contribution in [3.8, 4) is 0 Å². The minimum Gasteiger partial charge on any atom is -0.481 e. The summed E-state index contributed by atoms with van der Waals surface area (Å²) in [6.07, 6.45) is 3.38. The number of rotatable bonds is 10. The van der Waals surface area contributed by atoms with Crippen molar-refractivity contribution >= 4 is 11.9 Å². The van der Waals surface area contributed by atoms with Crippen molar-refractivity contribution in [2.75, 3.05) is 19.6 Å². The molecule has 0 atom stereocenters. The topological polar surface area (TPSA) is 113 Å². The van der Waals surface area contributed by atoms with Crippen molar-refractivity contribution in [3.63, 3.8) is 0 Å². The van der Waals surface area contributed by atoms with Crippen molar-refractivity contribution in [2.24, 2.45) is 5.73 Å². The molecule has 0 heterocycles. The van der Waals surface area contributed by atoms with Gasteiger partial charge < -0.3 is 21.3 Å². The van der Waals surface area contributed by atoms with E-state index in [0.29, 0.717) is 12.8 Å². The van der Waals surface area contributed by atoms with Crippen LogP contribution in [0.5, 0.6) is 0 Å². The van der Waals surface area contributed by atoms with E-state index in [0.717, 1.165) is 26.1 Å². The molecule has 0 aromatic rings. The molecule has 0 aromatic carbocycles. The van der Waals surface area contributed by atoms with Crippen LogP contribution in [0, 0.1) is 0 Å². The second-order valence-corrected chi connectivity index (χ2v) is 3.84. The fourth-order valence-electron chi connectivity index (χ4n) is 1.12. The average molecular weight is 262 g/mol. The number of carbonyl (C=O) groups is 2. The summed E-state index contributed by atoms with van der Waals surface area (Å²) in [5.41, 5.74) is 5.28. The summed E-state index contributed by atoms with van der Waals surface area (Å²) in [6, 6.07) is 0. The van der Waals surface area contributed by atoms with Gasteiger partial charge in [0.15, 0.2) is 0 Å². The van der Waals surface area contributed by atoms with Crippen molar-refractivity contribution in [1.29, 1.82) is 0 Å². The molecule has 0 amide bonds. The van der Waals surface area contributed by atoms with Crippen molar-refractivity contribution < 1.29 is 19.8 Å². The Balaban J connectivity index is 0. The number of hydrogen-bond acceptors (Lipinski definition) is 4. The van der Waals surface area contributed by atoms with Crippen LogP contribution in [0.2, 0.25) is 0 Å². The first-order valence-corrected chi connectivity index (χ1v) is 6.39. The molecule has 0 aliphatic heterocycles. The van der Waals surface area contributed by atoms with Gasteiger partial charge in [0.2, 0.25) is 0 Å². The maximum atomic E-state index is 9.90. The molecule has 0 aromatic heterocycles. The number of carboxylic acid groups (broad SMARTS) is 2. The molecule has 0 saturated carbocycles. The van der Waals surface area contributed by atoms with Gasteiger partial charge in [0.1, 0.15) is 0 Å². The van der Waals surface area contributed by atoms with Gasteiger partial charge in [-0.3, -0.25) is 9.59 Å². The Hall–Kier alpha value is -1.14. The van der Waals surface area contributed by atoms with Crippen molar-refractivity contribution in [3.05, 3.63) is 0 Å². The molecule has 108 valence electrons. The predicted octanol–water partition coefficient (Wildman–Crippen LogP) is 1.05. The van der Waals surface area contributed by atoms with E-state index in [2.05, 4.69) is 12.2 Å².